The van der Waals surface area contributed by atoms with Crippen molar-refractivity contribution in [3.8, 4) is 5.69 Å². The Labute approximate surface area is 234 Å². The Hall–Kier alpha value is -3.83. The van der Waals surface area contributed by atoms with E-state index in [1.54, 1.807) is 24.5 Å². The third-order valence-electron chi connectivity index (χ3n) is 7.02. The number of carboxylic acid groups (broad SMARTS) is 1. The second kappa shape index (κ2) is 13.0. The summed E-state index contributed by atoms with van der Waals surface area (Å²) >= 11 is 0. The number of aliphatic carboxylic acids is 1. The molecule has 10 nitrogen and oxygen atoms in total. The van der Waals surface area contributed by atoms with Gasteiger partial charge in [0.2, 0.25) is 15.9 Å². The number of hydrogen-bond acceptors (Lipinski definition) is 6. The van der Waals surface area contributed by atoms with E-state index in [4.69, 9.17) is 5.41 Å². The van der Waals surface area contributed by atoms with E-state index in [1.165, 1.54) is 16.4 Å². The van der Waals surface area contributed by atoms with Crippen molar-refractivity contribution in [3.05, 3.63) is 78.4 Å². The zero-order valence-electron chi connectivity index (χ0n) is 22.5. The number of carbonyl (C=O) groups is 2. The topological polar surface area (TPSA) is 145 Å². The van der Waals surface area contributed by atoms with Crippen molar-refractivity contribution in [1.29, 1.82) is 5.41 Å². The lowest BCUT2D eigenvalue weighted by atomic mass is 10.0. The molecule has 0 spiro atoms. The van der Waals surface area contributed by atoms with Crippen molar-refractivity contribution in [2.45, 2.75) is 68.8 Å². The molecule has 2 heterocycles. The van der Waals surface area contributed by atoms with Crippen molar-refractivity contribution in [2.75, 3.05) is 6.54 Å². The van der Waals surface area contributed by atoms with E-state index in [9.17, 15) is 23.1 Å². The SMILES string of the molecule is CC(=N)CCCCc1cn(-c2ccc(C[C@H](NC(=O)[C@@H]3CCCN3S(=O)(=O)c3ccccc3)C(=O)O)cc2)cn1. The van der Waals surface area contributed by atoms with Crippen LogP contribution in [-0.4, -0.2) is 63.6 Å². The third-order valence-corrected chi connectivity index (χ3v) is 8.94. The van der Waals surface area contributed by atoms with Gasteiger partial charge in [-0.2, -0.15) is 4.31 Å². The molecule has 1 aromatic heterocycles. The highest BCUT2D eigenvalue weighted by Crippen LogP contribution is 2.26. The number of amides is 1. The van der Waals surface area contributed by atoms with Crippen LogP contribution in [0.4, 0.5) is 0 Å². The number of unbranched alkanes of at least 4 members (excludes halogenated alkanes) is 1. The Morgan fingerprint density at radius 2 is 1.85 bits per heavy atom. The average Bonchev–Trinajstić information content (AvgIpc) is 3.62. The maximum absolute atomic E-state index is 13.1. The van der Waals surface area contributed by atoms with Gasteiger partial charge in [-0.3, -0.25) is 4.79 Å². The lowest BCUT2D eigenvalue weighted by molar-refractivity contribution is -0.142. The minimum absolute atomic E-state index is 0.0567. The van der Waals surface area contributed by atoms with Crippen LogP contribution in [0.15, 0.2) is 72.0 Å². The van der Waals surface area contributed by atoms with E-state index in [0.29, 0.717) is 18.6 Å². The first-order chi connectivity index (χ1) is 19.1. The summed E-state index contributed by atoms with van der Waals surface area (Å²) in [4.78, 5) is 29.7. The van der Waals surface area contributed by atoms with Crippen LogP contribution in [0.1, 0.15) is 50.3 Å². The van der Waals surface area contributed by atoms with Crippen LogP contribution in [0.2, 0.25) is 0 Å². The second-order valence-electron chi connectivity index (χ2n) is 10.1. The smallest absolute Gasteiger partial charge is 0.326 e. The van der Waals surface area contributed by atoms with Gasteiger partial charge in [-0.25, -0.2) is 18.2 Å². The molecule has 0 radical (unpaired) electrons. The highest BCUT2D eigenvalue weighted by molar-refractivity contribution is 7.89. The maximum atomic E-state index is 13.1. The zero-order chi connectivity index (χ0) is 28.7. The van der Waals surface area contributed by atoms with Gasteiger partial charge in [0.15, 0.2) is 0 Å². The predicted octanol–water partition coefficient (Wildman–Crippen LogP) is 3.59. The molecule has 1 amide bonds. The maximum Gasteiger partial charge on any atom is 0.326 e. The highest BCUT2D eigenvalue weighted by Gasteiger charge is 2.40. The number of rotatable bonds is 13. The number of carbonyl (C=O) groups excluding carboxylic acids is 1. The molecule has 1 aliphatic rings. The zero-order valence-corrected chi connectivity index (χ0v) is 23.3. The van der Waals surface area contributed by atoms with Crippen LogP contribution in [-0.2, 0) is 32.5 Å². The first-order valence-corrected chi connectivity index (χ1v) is 14.9. The number of nitrogens with zero attached hydrogens (tertiary/aromatic N) is 3. The molecule has 0 unspecified atom stereocenters. The number of carboxylic acids is 1. The Kier molecular flexibility index (Phi) is 9.49. The standard InChI is InChI=1S/C29H35N5O5S/c1-21(30)8-5-6-9-23-19-33(20-31-23)24-15-13-22(14-16-24)18-26(29(36)37)32-28(35)27-12-7-17-34(27)40(38,39)25-10-3-2-4-11-25/h2-4,10-11,13-16,19-20,26-27,30H,5-9,12,17-18H2,1H3,(H,32,35)(H,36,37)/t26-,27-/m0/s1. The monoisotopic (exact) mass is 565 g/mol. The minimum atomic E-state index is -3.88. The Morgan fingerprint density at radius 3 is 2.52 bits per heavy atom. The molecular weight excluding hydrogens is 530 g/mol. The van der Waals surface area contributed by atoms with Gasteiger partial charge in [0, 0.05) is 30.6 Å². The summed E-state index contributed by atoms with van der Waals surface area (Å²) < 4.78 is 29.3. The first-order valence-electron chi connectivity index (χ1n) is 13.4. The summed E-state index contributed by atoms with van der Waals surface area (Å²) in [5.41, 5.74) is 3.25. The van der Waals surface area contributed by atoms with Crippen LogP contribution in [0.3, 0.4) is 0 Å². The average molecular weight is 566 g/mol. The van der Waals surface area contributed by atoms with E-state index < -0.39 is 34.0 Å². The number of sulfonamides is 1. The number of nitrogens with one attached hydrogen (secondary N) is 2. The molecule has 11 heteroatoms. The van der Waals surface area contributed by atoms with Crippen molar-refractivity contribution in [2.24, 2.45) is 0 Å². The fourth-order valence-electron chi connectivity index (χ4n) is 4.86. The first kappa shape index (κ1) is 29.2. The molecule has 1 fully saturated rings. The lowest BCUT2D eigenvalue weighted by Gasteiger charge is -2.25. The molecular formula is C29H35N5O5S. The van der Waals surface area contributed by atoms with E-state index in [-0.39, 0.29) is 17.9 Å². The van der Waals surface area contributed by atoms with Crippen LogP contribution in [0.5, 0.6) is 0 Å². The van der Waals surface area contributed by atoms with Crippen LogP contribution < -0.4 is 5.32 Å². The molecule has 212 valence electrons. The Balaban J connectivity index is 1.37. The van der Waals surface area contributed by atoms with Gasteiger partial charge in [-0.05, 0) is 75.3 Å². The van der Waals surface area contributed by atoms with E-state index in [0.717, 1.165) is 42.6 Å². The van der Waals surface area contributed by atoms with Crippen LogP contribution in [0, 0.1) is 5.41 Å². The molecule has 2 aromatic carbocycles. The van der Waals surface area contributed by atoms with Gasteiger partial charge in [-0.1, -0.05) is 30.3 Å². The molecule has 0 aliphatic carbocycles. The fraction of sp³-hybridized carbons (Fsp3) is 0.379. The molecule has 40 heavy (non-hydrogen) atoms. The predicted molar refractivity (Wildman–Crippen MR) is 151 cm³/mol. The van der Waals surface area contributed by atoms with Gasteiger partial charge in [0.25, 0.3) is 0 Å². The molecule has 3 aromatic rings. The summed E-state index contributed by atoms with van der Waals surface area (Å²) in [6.45, 7) is 2.02. The molecule has 0 bridgehead atoms. The van der Waals surface area contributed by atoms with Crippen LogP contribution in [0.25, 0.3) is 5.69 Å². The van der Waals surface area contributed by atoms with E-state index >= 15 is 0 Å². The Morgan fingerprint density at radius 1 is 1.12 bits per heavy atom. The van der Waals surface area contributed by atoms with E-state index in [2.05, 4.69) is 10.3 Å². The molecule has 4 rings (SSSR count). The largest absolute Gasteiger partial charge is 0.480 e. The molecule has 2 atom stereocenters. The summed E-state index contributed by atoms with van der Waals surface area (Å²) in [5.74, 6) is -1.80. The summed E-state index contributed by atoms with van der Waals surface area (Å²) in [7, 11) is -3.88. The number of imidazole rings is 1. The summed E-state index contributed by atoms with van der Waals surface area (Å²) in [6, 6.07) is 13.1. The number of benzene rings is 2. The summed E-state index contributed by atoms with van der Waals surface area (Å²) in [5, 5.41) is 19.9. The molecule has 0 saturated carbocycles. The molecule has 1 aliphatic heterocycles. The minimum Gasteiger partial charge on any atom is -0.480 e. The molecule has 1 saturated heterocycles. The lowest BCUT2D eigenvalue weighted by Crippen LogP contribution is -2.51. The number of aryl methyl sites for hydroxylation is 1. The summed E-state index contributed by atoms with van der Waals surface area (Å²) in [6.07, 6.45) is 8.16. The quantitative estimate of drug-likeness (QED) is 0.213. The molecule has 3 N–H and O–H groups in total. The van der Waals surface area contributed by atoms with Crippen molar-refractivity contribution < 1.29 is 23.1 Å². The van der Waals surface area contributed by atoms with Gasteiger partial charge in [-0.15, -0.1) is 0 Å². The Bertz CT molecular complexity index is 1440. The van der Waals surface area contributed by atoms with Crippen LogP contribution >= 0.6 is 0 Å². The van der Waals surface area contributed by atoms with Crippen molar-refractivity contribution in [3.63, 3.8) is 0 Å². The van der Waals surface area contributed by atoms with Gasteiger partial charge >= 0.3 is 5.97 Å². The number of aromatic nitrogens is 2. The van der Waals surface area contributed by atoms with Gasteiger partial charge in [0.1, 0.15) is 12.1 Å². The normalized spacial score (nSPS) is 16.5. The van der Waals surface area contributed by atoms with E-state index in [1.807, 2.05) is 42.0 Å². The highest BCUT2D eigenvalue weighted by atomic mass is 32.2. The number of hydrogen-bond donors (Lipinski definition) is 3. The van der Waals surface area contributed by atoms with Gasteiger partial charge in [0.05, 0.1) is 16.9 Å². The van der Waals surface area contributed by atoms with Crippen molar-refractivity contribution in [1.82, 2.24) is 19.2 Å². The second-order valence-corrected chi connectivity index (χ2v) is 12.0. The van der Waals surface area contributed by atoms with Crippen molar-refractivity contribution >= 4 is 27.6 Å². The fourth-order valence-corrected chi connectivity index (χ4v) is 6.53. The van der Waals surface area contributed by atoms with Gasteiger partial charge < -0.3 is 20.4 Å². The third kappa shape index (κ3) is 7.22.